The molecule has 0 atom stereocenters. The number of nitrogens with zero attached hydrogens (tertiary/aromatic N) is 1. The molecule has 0 bridgehead atoms. The molecule has 0 aromatic heterocycles. The van der Waals surface area contributed by atoms with Crippen molar-refractivity contribution >= 4 is 28.2 Å². The molecule has 1 aliphatic carbocycles. The smallest absolute Gasteiger partial charge is 0.277 e. The first-order valence-electron chi connectivity index (χ1n) is 8.68. The topological polar surface area (TPSA) is 67.8 Å². The highest BCUT2D eigenvalue weighted by atomic mass is 16.5. The van der Waals surface area contributed by atoms with Crippen LogP contribution in [0.4, 0.5) is 0 Å². The van der Waals surface area contributed by atoms with Crippen LogP contribution in [0.15, 0.2) is 59.7 Å². The lowest BCUT2D eigenvalue weighted by Gasteiger charge is -2.09. The number of carbonyl (C=O) groups is 2. The van der Waals surface area contributed by atoms with Crippen molar-refractivity contribution in [3.63, 3.8) is 0 Å². The summed E-state index contributed by atoms with van der Waals surface area (Å²) in [5.41, 5.74) is 6.05. The van der Waals surface area contributed by atoms with Crippen LogP contribution in [0.2, 0.25) is 0 Å². The molecule has 0 spiro atoms. The number of hydrazone groups is 1. The molecule has 134 valence electrons. The average Bonchev–Trinajstić information content (AvgIpc) is 2.95. The fraction of sp³-hybridized carbons (Fsp3) is 0.136. The van der Waals surface area contributed by atoms with Crippen molar-refractivity contribution in [2.45, 2.75) is 13.8 Å². The van der Waals surface area contributed by atoms with Gasteiger partial charge in [-0.25, -0.2) is 5.43 Å². The van der Waals surface area contributed by atoms with Crippen molar-refractivity contribution in [1.82, 2.24) is 5.43 Å². The van der Waals surface area contributed by atoms with Gasteiger partial charge >= 0.3 is 0 Å². The first-order valence-corrected chi connectivity index (χ1v) is 8.68. The molecule has 0 saturated heterocycles. The van der Waals surface area contributed by atoms with Crippen LogP contribution < -0.4 is 10.2 Å². The Hall–Kier alpha value is -3.47. The molecule has 0 unspecified atom stereocenters. The minimum atomic E-state index is -0.417. The molecule has 0 heterocycles. The van der Waals surface area contributed by atoms with Crippen LogP contribution in [-0.2, 0) is 4.79 Å². The lowest BCUT2D eigenvalue weighted by Crippen LogP contribution is -2.27. The molecule has 27 heavy (non-hydrogen) atoms. The highest BCUT2D eigenvalue weighted by Gasteiger charge is 2.28. The molecule has 1 aliphatic rings. The number of rotatable bonds is 4. The Kier molecular flexibility index (Phi) is 4.20. The van der Waals surface area contributed by atoms with E-state index in [1.165, 1.54) is 0 Å². The Bertz CT molecular complexity index is 1110. The van der Waals surface area contributed by atoms with Crippen LogP contribution in [0.1, 0.15) is 27.0 Å². The van der Waals surface area contributed by atoms with Crippen molar-refractivity contribution in [1.29, 1.82) is 0 Å². The zero-order valence-electron chi connectivity index (χ0n) is 15.1. The highest BCUT2D eigenvalue weighted by Crippen LogP contribution is 2.30. The molecule has 0 aliphatic heterocycles. The molecule has 5 nitrogen and oxygen atoms in total. The minimum Gasteiger partial charge on any atom is -0.483 e. The van der Waals surface area contributed by atoms with Gasteiger partial charge in [-0.1, -0.05) is 48.5 Å². The van der Waals surface area contributed by atoms with Gasteiger partial charge in [-0.3, -0.25) is 9.59 Å². The maximum Gasteiger partial charge on any atom is 0.277 e. The van der Waals surface area contributed by atoms with E-state index >= 15 is 0 Å². The van der Waals surface area contributed by atoms with Gasteiger partial charge in [0.15, 0.2) is 6.61 Å². The number of aryl methyl sites for hydroxylation is 2. The van der Waals surface area contributed by atoms with Gasteiger partial charge in [-0.15, -0.1) is 0 Å². The Morgan fingerprint density at radius 1 is 1.04 bits per heavy atom. The van der Waals surface area contributed by atoms with Crippen LogP contribution >= 0.6 is 0 Å². The third-order valence-corrected chi connectivity index (χ3v) is 4.61. The van der Waals surface area contributed by atoms with Crippen LogP contribution in [0.25, 0.3) is 10.8 Å². The Balaban J connectivity index is 1.50. The minimum absolute atomic E-state index is 0.174. The van der Waals surface area contributed by atoms with Crippen molar-refractivity contribution in [3.8, 4) is 5.75 Å². The standard InChI is InChI=1S/C22H18N2O3/c1-13-9-10-14(2)18(11-13)27-12-19(25)23-24-21-16-7-3-5-15-6-4-8-17(20(15)16)22(21)26/h3-11H,12H2,1-2H3,(H,23,25). The van der Waals surface area contributed by atoms with Crippen molar-refractivity contribution < 1.29 is 14.3 Å². The van der Waals surface area contributed by atoms with Gasteiger partial charge in [0.05, 0.1) is 0 Å². The van der Waals surface area contributed by atoms with Gasteiger partial charge in [0.2, 0.25) is 5.78 Å². The SMILES string of the molecule is Cc1ccc(C)c(OCC(=O)NN=C2C(=O)c3cccc4cccc2c34)c1. The van der Waals surface area contributed by atoms with Gasteiger partial charge in [-0.05, 0) is 36.4 Å². The summed E-state index contributed by atoms with van der Waals surface area (Å²) >= 11 is 0. The van der Waals surface area contributed by atoms with Gasteiger partial charge in [-0.2, -0.15) is 5.10 Å². The summed E-state index contributed by atoms with van der Waals surface area (Å²) in [6.45, 7) is 3.71. The molecule has 5 heteroatoms. The Morgan fingerprint density at radius 2 is 1.78 bits per heavy atom. The molecular formula is C22H18N2O3. The molecule has 1 N–H and O–H groups in total. The van der Waals surface area contributed by atoms with Crippen LogP contribution in [0.5, 0.6) is 5.75 Å². The summed E-state index contributed by atoms with van der Waals surface area (Å²) in [4.78, 5) is 24.8. The molecular weight excluding hydrogens is 340 g/mol. The lowest BCUT2D eigenvalue weighted by atomic mass is 10.1. The van der Waals surface area contributed by atoms with Crippen molar-refractivity contribution in [3.05, 3.63) is 76.9 Å². The van der Waals surface area contributed by atoms with E-state index < -0.39 is 5.91 Å². The zero-order chi connectivity index (χ0) is 19.0. The number of amides is 1. The van der Waals surface area contributed by atoms with Gasteiger partial charge in [0.1, 0.15) is 11.5 Å². The summed E-state index contributed by atoms with van der Waals surface area (Å²) in [6.07, 6.45) is 0. The van der Waals surface area contributed by atoms with Crippen LogP contribution in [-0.4, -0.2) is 24.0 Å². The van der Waals surface area contributed by atoms with E-state index in [2.05, 4.69) is 10.5 Å². The summed E-state index contributed by atoms with van der Waals surface area (Å²) in [6, 6.07) is 17.1. The average molecular weight is 358 g/mol. The molecule has 0 radical (unpaired) electrons. The Labute approximate surface area is 156 Å². The first kappa shape index (κ1) is 17.0. The summed E-state index contributed by atoms with van der Waals surface area (Å²) in [5, 5.41) is 5.94. The lowest BCUT2D eigenvalue weighted by molar-refractivity contribution is -0.123. The first-order chi connectivity index (χ1) is 13.0. The quantitative estimate of drug-likeness (QED) is 0.725. The molecule has 3 aromatic rings. The maximum absolute atomic E-state index is 12.6. The monoisotopic (exact) mass is 358 g/mol. The number of benzene rings is 3. The largest absolute Gasteiger partial charge is 0.483 e. The third-order valence-electron chi connectivity index (χ3n) is 4.61. The van der Waals surface area contributed by atoms with E-state index in [4.69, 9.17) is 4.74 Å². The zero-order valence-corrected chi connectivity index (χ0v) is 15.1. The van der Waals surface area contributed by atoms with E-state index in [1.54, 1.807) is 6.07 Å². The highest BCUT2D eigenvalue weighted by molar-refractivity contribution is 6.59. The summed E-state index contributed by atoms with van der Waals surface area (Å²) in [7, 11) is 0. The number of Topliss-reactive ketones (excluding diaryl/α,β-unsaturated/α-hetero) is 1. The van der Waals surface area contributed by atoms with Gasteiger partial charge in [0, 0.05) is 16.5 Å². The normalized spacial score (nSPS) is 14.0. The molecule has 4 rings (SSSR count). The van der Waals surface area contributed by atoms with Crippen molar-refractivity contribution in [2.75, 3.05) is 6.61 Å². The maximum atomic E-state index is 12.6. The van der Waals surface area contributed by atoms with Gasteiger partial charge in [0.25, 0.3) is 5.91 Å². The fourth-order valence-electron chi connectivity index (χ4n) is 3.25. The van der Waals surface area contributed by atoms with Crippen LogP contribution in [0, 0.1) is 13.8 Å². The second kappa shape index (κ2) is 6.68. The van der Waals surface area contributed by atoms with E-state index in [9.17, 15) is 9.59 Å². The number of nitrogens with one attached hydrogen (secondary N) is 1. The van der Waals surface area contributed by atoms with Crippen molar-refractivity contribution in [2.24, 2.45) is 5.10 Å². The van der Waals surface area contributed by atoms with E-state index in [-0.39, 0.29) is 18.1 Å². The van der Waals surface area contributed by atoms with Gasteiger partial charge < -0.3 is 4.74 Å². The Morgan fingerprint density at radius 3 is 2.56 bits per heavy atom. The summed E-state index contributed by atoms with van der Waals surface area (Å²) < 4.78 is 5.57. The fourth-order valence-corrected chi connectivity index (χ4v) is 3.25. The predicted molar refractivity (Wildman–Crippen MR) is 104 cm³/mol. The predicted octanol–water partition coefficient (Wildman–Crippen LogP) is 3.55. The van der Waals surface area contributed by atoms with Crippen LogP contribution in [0.3, 0.4) is 0 Å². The molecule has 3 aromatic carbocycles. The number of ketones is 1. The van der Waals surface area contributed by atoms with E-state index in [1.807, 2.05) is 62.4 Å². The second-order valence-corrected chi connectivity index (χ2v) is 6.59. The van der Waals surface area contributed by atoms with E-state index in [0.29, 0.717) is 11.3 Å². The number of ether oxygens (including phenoxy) is 1. The third kappa shape index (κ3) is 3.08. The molecule has 0 saturated carbocycles. The molecule has 1 amide bonds. The number of hydrogen-bond donors (Lipinski definition) is 1. The van der Waals surface area contributed by atoms with E-state index in [0.717, 1.165) is 27.5 Å². The molecule has 0 fully saturated rings. The number of hydrogen-bond acceptors (Lipinski definition) is 4. The summed E-state index contributed by atoms with van der Waals surface area (Å²) in [5.74, 6) is 0.0591. The number of carbonyl (C=O) groups excluding carboxylic acids is 2. The second-order valence-electron chi connectivity index (χ2n) is 6.59.